The van der Waals surface area contributed by atoms with Crippen LogP contribution in [0.1, 0.15) is 26.3 Å². The summed E-state index contributed by atoms with van der Waals surface area (Å²) in [5, 5.41) is 18.3. The molecule has 3 N–H and O–H groups in total. The number of amides is 3. The van der Waals surface area contributed by atoms with E-state index in [0.29, 0.717) is 11.3 Å². The lowest BCUT2D eigenvalue weighted by molar-refractivity contribution is -0.384. The highest BCUT2D eigenvalue weighted by molar-refractivity contribution is 5.97. The second-order valence-electron chi connectivity index (χ2n) is 8.55. The molecule has 0 aliphatic carbocycles. The van der Waals surface area contributed by atoms with E-state index in [1.807, 2.05) is 0 Å². The molecule has 2 aromatic rings. The number of rotatable bonds is 12. The van der Waals surface area contributed by atoms with Crippen molar-refractivity contribution in [3.63, 3.8) is 0 Å². The molecule has 0 bridgehead atoms. The van der Waals surface area contributed by atoms with Gasteiger partial charge in [0.05, 0.1) is 4.92 Å². The van der Waals surface area contributed by atoms with Gasteiger partial charge in [0, 0.05) is 24.4 Å². The van der Waals surface area contributed by atoms with Crippen molar-refractivity contribution in [1.29, 1.82) is 0 Å². The lowest BCUT2D eigenvalue weighted by Gasteiger charge is -2.23. The lowest BCUT2D eigenvalue weighted by Crippen LogP contribution is -2.49. The second kappa shape index (κ2) is 14.7. The monoisotopic (exact) mass is 542 g/mol. The van der Waals surface area contributed by atoms with Gasteiger partial charge in [0.25, 0.3) is 11.6 Å². The van der Waals surface area contributed by atoms with Crippen LogP contribution in [-0.2, 0) is 25.7 Å². The zero-order valence-corrected chi connectivity index (χ0v) is 21.7. The Morgan fingerprint density at radius 2 is 1.64 bits per heavy atom. The number of hydrogen-bond donors (Lipinski definition) is 3. The van der Waals surface area contributed by atoms with Crippen LogP contribution in [0.25, 0.3) is 0 Å². The van der Waals surface area contributed by atoms with Gasteiger partial charge >= 0.3 is 12.2 Å². The highest BCUT2D eigenvalue weighted by atomic mass is 16.7. The quantitative estimate of drug-likeness (QED) is 0.119. The minimum atomic E-state index is -1.10. The average Bonchev–Trinajstić information content (AvgIpc) is 2.90. The predicted molar refractivity (Wildman–Crippen MR) is 140 cm³/mol. The maximum Gasteiger partial charge on any atom is 0.514 e. The van der Waals surface area contributed by atoms with E-state index in [9.17, 15) is 29.3 Å². The van der Waals surface area contributed by atoms with Gasteiger partial charge in [-0.15, -0.1) is 6.58 Å². The van der Waals surface area contributed by atoms with Crippen LogP contribution < -0.4 is 20.7 Å². The number of hydrogen-bond acceptors (Lipinski definition) is 9. The molecule has 0 aromatic heterocycles. The molecular weight excluding hydrogens is 512 g/mol. The lowest BCUT2D eigenvalue weighted by atomic mass is 10.1. The van der Waals surface area contributed by atoms with Gasteiger partial charge < -0.3 is 30.2 Å². The maximum absolute atomic E-state index is 12.6. The zero-order chi connectivity index (χ0) is 28.9. The molecule has 0 radical (unpaired) electrons. The molecule has 0 aliphatic rings. The Morgan fingerprint density at radius 1 is 1.00 bits per heavy atom. The Kier molecular flexibility index (Phi) is 11.4. The van der Waals surface area contributed by atoms with E-state index in [1.165, 1.54) is 37.3 Å². The van der Waals surface area contributed by atoms with Gasteiger partial charge in [0.2, 0.25) is 5.91 Å². The van der Waals surface area contributed by atoms with Crippen LogP contribution in [0.15, 0.2) is 61.2 Å². The summed E-state index contributed by atoms with van der Waals surface area (Å²) in [4.78, 5) is 58.9. The van der Waals surface area contributed by atoms with Gasteiger partial charge in [-0.3, -0.25) is 19.7 Å². The molecule has 0 saturated carbocycles. The summed E-state index contributed by atoms with van der Waals surface area (Å²) in [6.45, 7) is 8.44. The molecule has 0 unspecified atom stereocenters. The van der Waals surface area contributed by atoms with Crippen molar-refractivity contribution in [2.24, 2.45) is 5.92 Å². The average molecular weight is 543 g/mol. The fourth-order valence-corrected chi connectivity index (χ4v) is 3.00. The minimum Gasteiger partial charge on any atom is -0.436 e. The molecule has 0 aliphatic heterocycles. The number of nitro benzene ring substituents is 1. The summed E-state index contributed by atoms with van der Waals surface area (Å²) >= 11 is 0. The van der Waals surface area contributed by atoms with E-state index in [0.717, 1.165) is 0 Å². The number of nitrogens with zero attached hydrogens (tertiary/aromatic N) is 1. The normalized spacial score (nSPS) is 11.9. The molecule has 0 spiro atoms. The van der Waals surface area contributed by atoms with Crippen molar-refractivity contribution < 1.29 is 38.3 Å². The first-order valence-electron chi connectivity index (χ1n) is 11.8. The number of carbonyl (C=O) groups is 4. The van der Waals surface area contributed by atoms with Crippen molar-refractivity contribution >= 4 is 35.4 Å². The Labute approximate surface area is 224 Å². The number of non-ortho nitro benzene ring substituents is 1. The third-order valence-corrected chi connectivity index (χ3v) is 5.07. The standard InChI is InChI=1S/C26H30N4O9/c1-5-14-27-25(33)39-22(16(2)3)24(32)28-17(4)23(31)29-19-8-6-18(7-9-19)15-37-26(34)38-21-12-10-20(11-13-21)30(35)36/h5-13,16-17,22H,1,14-15H2,2-4H3,(H,27,33)(H,28,32)(H,29,31)/t17-,22-/m0/s1. The zero-order valence-electron chi connectivity index (χ0n) is 21.7. The molecule has 39 heavy (non-hydrogen) atoms. The molecule has 3 amide bonds. The van der Waals surface area contributed by atoms with Crippen LogP contribution in [0.5, 0.6) is 5.75 Å². The number of ether oxygens (including phenoxy) is 3. The van der Waals surface area contributed by atoms with E-state index in [4.69, 9.17) is 14.2 Å². The molecular formula is C26H30N4O9. The highest BCUT2D eigenvalue weighted by Crippen LogP contribution is 2.18. The van der Waals surface area contributed by atoms with E-state index in [2.05, 4.69) is 22.5 Å². The van der Waals surface area contributed by atoms with Crippen LogP contribution in [0.3, 0.4) is 0 Å². The van der Waals surface area contributed by atoms with Crippen molar-refractivity contribution in [3.05, 3.63) is 76.9 Å². The number of alkyl carbamates (subject to hydrolysis) is 1. The summed E-state index contributed by atoms with van der Waals surface area (Å²) in [5.74, 6) is -1.37. The van der Waals surface area contributed by atoms with Gasteiger partial charge in [-0.05, 0) is 42.7 Å². The number of benzene rings is 2. The van der Waals surface area contributed by atoms with Gasteiger partial charge in [-0.1, -0.05) is 32.1 Å². The summed E-state index contributed by atoms with van der Waals surface area (Å²) in [7, 11) is 0. The Hall–Kier alpha value is -4.94. The third-order valence-electron chi connectivity index (χ3n) is 5.07. The van der Waals surface area contributed by atoms with E-state index in [1.54, 1.807) is 38.1 Å². The molecule has 0 fully saturated rings. The smallest absolute Gasteiger partial charge is 0.436 e. The molecule has 2 rings (SSSR count). The van der Waals surface area contributed by atoms with E-state index >= 15 is 0 Å². The summed E-state index contributed by atoms with van der Waals surface area (Å²) in [6.07, 6.45) is -1.40. The summed E-state index contributed by atoms with van der Waals surface area (Å²) < 4.78 is 15.2. The molecule has 208 valence electrons. The molecule has 0 saturated heterocycles. The fourth-order valence-electron chi connectivity index (χ4n) is 3.00. The molecule has 13 heteroatoms. The maximum atomic E-state index is 12.6. The van der Waals surface area contributed by atoms with Crippen LogP contribution >= 0.6 is 0 Å². The molecule has 0 heterocycles. The Balaban J connectivity index is 1.83. The van der Waals surface area contributed by atoms with Gasteiger partial charge in [-0.25, -0.2) is 9.59 Å². The Bertz CT molecular complexity index is 1180. The molecule has 2 atom stereocenters. The first-order valence-corrected chi connectivity index (χ1v) is 11.8. The number of carbonyl (C=O) groups excluding carboxylic acids is 4. The predicted octanol–water partition coefficient (Wildman–Crippen LogP) is 3.69. The van der Waals surface area contributed by atoms with Gasteiger partial charge in [0.15, 0.2) is 6.10 Å². The molecule has 13 nitrogen and oxygen atoms in total. The van der Waals surface area contributed by atoms with E-state index in [-0.39, 0.29) is 30.5 Å². The first-order chi connectivity index (χ1) is 18.5. The van der Waals surface area contributed by atoms with Crippen molar-refractivity contribution in [2.45, 2.75) is 39.5 Å². The van der Waals surface area contributed by atoms with Crippen molar-refractivity contribution in [1.82, 2.24) is 10.6 Å². The summed E-state index contributed by atoms with van der Waals surface area (Å²) in [6, 6.07) is 10.4. The van der Waals surface area contributed by atoms with Crippen LogP contribution in [0, 0.1) is 16.0 Å². The van der Waals surface area contributed by atoms with Crippen LogP contribution in [0.2, 0.25) is 0 Å². The van der Waals surface area contributed by atoms with Crippen molar-refractivity contribution in [2.75, 3.05) is 11.9 Å². The molecule has 2 aromatic carbocycles. The minimum absolute atomic E-state index is 0.0899. The number of anilines is 1. The first kappa shape index (κ1) is 30.3. The largest absolute Gasteiger partial charge is 0.514 e. The Morgan fingerprint density at radius 3 is 2.21 bits per heavy atom. The highest BCUT2D eigenvalue weighted by Gasteiger charge is 2.29. The number of nitrogens with one attached hydrogen (secondary N) is 3. The number of nitro groups is 1. The van der Waals surface area contributed by atoms with E-state index < -0.39 is 41.1 Å². The topological polar surface area (TPSA) is 175 Å². The second-order valence-corrected chi connectivity index (χ2v) is 8.55. The summed E-state index contributed by atoms with van der Waals surface area (Å²) in [5.41, 5.74) is 0.887. The van der Waals surface area contributed by atoms with Gasteiger partial charge in [0.1, 0.15) is 18.4 Å². The third kappa shape index (κ3) is 10.1. The SMILES string of the molecule is C=CCNC(=O)O[C@H](C(=O)N[C@@H](C)C(=O)Nc1ccc(COC(=O)Oc2ccc([N+](=O)[O-])cc2)cc1)C(C)C. The van der Waals surface area contributed by atoms with Crippen LogP contribution in [-0.4, -0.2) is 47.7 Å². The van der Waals surface area contributed by atoms with Gasteiger partial charge in [-0.2, -0.15) is 0 Å². The van der Waals surface area contributed by atoms with Crippen LogP contribution in [0.4, 0.5) is 21.0 Å². The fraction of sp³-hybridized carbons (Fsp3) is 0.308. The van der Waals surface area contributed by atoms with Crippen molar-refractivity contribution in [3.8, 4) is 5.75 Å².